The van der Waals surface area contributed by atoms with Gasteiger partial charge in [-0.3, -0.25) is 0 Å². The van der Waals surface area contributed by atoms with Crippen molar-refractivity contribution in [2.45, 2.75) is 40.3 Å². The lowest BCUT2D eigenvalue weighted by Gasteiger charge is -2.18. The fourth-order valence-electron chi connectivity index (χ4n) is 6.82. The number of anilines is 3. The summed E-state index contributed by atoms with van der Waals surface area (Å²) in [4.78, 5) is 17.3. The Balaban J connectivity index is 0.000000136. The minimum absolute atomic E-state index is 0.491. The van der Waals surface area contributed by atoms with Gasteiger partial charge in [-0.1, -0.05) is 91.1 Å². The van der Waals surface area contributed by atoms with E-state index in [0.717, 1.165) is 51.2 Å². The number of rotatable bonds is 3. The number of benzene rings is 5. The average Bonchev–Trinajstić information content (AvgIpc) is 3.24. The molecule has 0 fully saturated rings. The number of nitrogens with two attached hydrogens (primary N) is 4. The minimum atomic E-state index is 0.491. The van der Waals surface area contributed by atoms with Gasteiger partial charge < -0.3 is 36.6 Å². The van der Waals surface area contributed by atoms with Gasteiger partial charge >= 0.3 is 0 Å². The van der Waals surface area contributed by atoms with Gasteiger partial charge in [-0.2, -0.15) is 0 Å². The van der Waals surface area contributed by atoms with Gasteiger partial charge in [0.2, 0.25) is 14.3 Å². The predicted molar refractivity (Wildman–Crippen MR) is 260 cm³/mol. The van der Waals surface area contributed by atoms with Crippen LogP contribution in [0.5, 0.6) is 0 Å². The molecule has 304 valence electrons. The number of amidine groups is 1. The second-order valence-electron chi connectivity index (χ2n) is 13.9. The molecule has 11 nitrogen and oxygen atoms in total. The molecule has 8 N–H and O–H groups in total. The highest BCUT2D eigenvalue weighted by atomic mass is 32.1. The Morgan fingerprint density at radius 1 is 0.567 bits per heavy atom. The molecular formula is C45H45N11S4. The van der Waals surface area contributed by atoms with Crippen molar-refractivity contribution in [3.05, 3.63) is 157 Å². The Kier molecular flexibility index (Phi) is 13.9. The van der Waals surface area contributed by atoms with Crippen molar-refractivity contribution in [2.24, 2.45) is 17.8 Å². The van der Waals surface area contributed by atoms with E-state index in [9.17, 15) is 0 Å². The molecule has 1 aliphatic heterocycles. The molecule has 9 rings (SSSR count). The molecule has 0 radical (unpaired) electrons. The maximum atomic E-state index is 5.93. The predicted octanol–water partition coefficient (Wildman–Crippen LogP) is 9.54. The zero-order valence-corrected chi connectivity index (χ0v) is 36.9. The number of aliphatic imine (C=N–C) groups is 1. The van der Waals surface area contributed by atoms with Gasteiger partial charge in [0.25, 0.3) is 0 Å². The standard InChI is InChI=1S/C15H13N3S.C11H12N2S.C10H11N3S.C9H9N3S/c16-14-12-8-4-5-9-13(12)18(15(19)17-14)10-11-6-2-1-3-7-11;1-6-3-4-8-5-9(14)13-11(12)10(8)7(6)2;1-2-13-8-6-4-3-5-7(8)9(11)12-10(13)14;1-12-7-5-3-2-4-6(7)8(10)11-9(12)13/h1-9H,10H2,(H2,16,17,19);3-4H,5H2,1-2H3,(H2,12,13,14);3-6H,2H2,1H3,(H2,11,12,14);2-5H,1H3,(H2,10,11,13). The largest absolute Gasteiger partial charge is 0.383 e. The average molecular weight is 868 g/mol. The summed E-state index contributed by atoms with van der Waals surface area (Å²) in [5.41, 5.74) is 32.3. The molecule has 0 bridgehead atoms. The van der Waals surface area contributed by atoms with Crippen LogP contribution < -0.4 is 22.9 Å². The molecule has 0 atom stereocenters. The smallest absolute Gasteiger partial charge is 0.202 e. The van der Waals surface area contributed by atoms with Crippen molar-refractivity contribution in [2.75, 3.05) is 17.2 Å². The van der Waals surface area contributed by atoms with Crippen molar-refractivity contribution in [3.63, 3.8) is 0 Å². The minimum Gasteiger partial charge on any atom is -0.383 e. The Morgan fingerprint density at radius 2 is 1.03 bits per heavy atom. The molecule has 0 spiro atoms. The van der Waals surface area contributed by atoms with Gasteiger partial charge in [0.15, 0.2) is 0 Å². The fourth-order valence-corrected chi connectivity index (χ4v) is 7.86. The molecule has 3 aromatic heterocycles. The van der Waals surface area contributed by atoms with E-state index in [-0.39, 0.29) is 0 Å². The molecule has 0 amide bonds. The number of aryl methyl sites for hydroxylation is 3. The zero-order valence-electron chi connectivity index (χ0n) is 33.7. The van der Waals surface area contributed by atoms with Gasteiger partial charge in [0, 0.05) is 41.7 Å². The number of nitrogen functional groups attached to an aromatic ring is 3. The van der Waals surface area contributed by atoms with Crippen molar-refractivity contribution < 1.29 is 0 Å². The lowest BCUT2D eigenvalue weighted by Crippen LogP contribution is -2.24. The summed E-state index contributed by atoms with van der Waals surface area (Å²) in [6, 6.07) is 38.0. The molecular weight excluding hydrogens is 823 g/mol. The second-order valence-corrected chi connectivity index (χ2v) is 15.4. The molecule has 4 heterocycles. The topological polar surface area (TPSA) is 170 Å². The first-order valence-electron chi connectivity index (χ1n) is 19.0. The Hall–Kier alpha value is -6.26. The van der Waals surface area contributed by atoms with Gasteiger partial charge in [0.05, 0.1) is 23.1 Å². The third-order valence-corrected chi connectivity index (χ3v) is 11.3. The summed E-state index contributed by atoms with van der Waals surface area (Å²) >= 11 is 20.6. The quantitative estimate of drug-likeness (QED) is 0.125. The normalized spacial score (nSPS) is 11.7. The molecule has 1 aliphatic rings. The summed E-state index contributed by atoms with van der Waals surface area (Å²) in [6.45, 7) is 7.71. The molecule has 0 unspecified atom stereocenters. The van der Waals surface area contributed by atoms with E-state index in [2.05, 4.69) is 58.1 Å². The summed E-state index contributed by atoms with van der Waals surface area (Å²) in [6.07, 6.45) is 0.743. The summed E-state index contributed by atoms with van der Waals surface area (Å²) in [5, 5.41) is 2.84. The monoisotopic (exact) mass is 867 g/mol. The van der Waals surface area contributed by atoms with Crippen LogP contribution in [0.3, 0.4) is 0 Å². The zero-order chi connectivity index (χ0) is 43.1. The van der Waals surface area contributed by atoms with Gasteiger partial charge in [-0.15, -0.1) is 0 Å². The van der Waals surface area contributed by atoms with Crippen LogP contribution in [0.15, 0.2) is 120 Å². The second kappa shape index (κ2) is 19.2. The third kappa shape index (κ3) is 9.61. The van der Waals surface area contributed by atoms with Crippen LogP contribution in [0.25, 0.3) is 32.7 Å². The van der Waals surface area contributed by atoms with Gasteiger partial charge in [0.1, 0.15) is 28.3 Å². The SMILES string of the molecule is CCn1c(=S)nc(N)c2ccccc21.Cc1ccc2c(c1C)C(N)=NC(=S)C2.Cn1c(=S)nc(N)c2ccccc21.Nc1nc(=S)n(Cc2ccccc2)c2ccccc12. The molecule has 15 heteroatoms. The van der Waals surface area contributed by atoms with E-state index in [1.165, 1.54) is 22.3 Å². The highest BCUT2D eigenvalue weighted by molar-refractivity contribution is 7.80. The van der Waals surface area contributed by atoms with Crippen LogP contribution in [-0.2, 0) is 26.6 Å². The number of fused-ring (bicyclic) bond motifs is 4. The first kappa shape index (κ1) is 43.3. The van der Waals surface area contributed by atoms with E-state index in [1.807, 2.05) is 119 Å². The summed E-state index contributed by atoms with van der Waals surface area (Å²) < 4.78 is 7.40. The molecule has 0 saturated carbocycles. The van der Waals surface area contributed by atoms with Crippen LogP contribution in [0, 0.1) is 28.2 Å². The first-order chi connectivity index (χ1) is 28.8. The summed E-state index contributed by atoms with van der Waals surface area (Å²) in [5.74, 6) is 2.07. The Labute approximate surface area is 369 Å². The van der Waals surface area contributed by atoms with E-state index in [0.29, 0.717) is 49.1 Å². The fraction of sp³-hybridized carbons (Fsp3) is 0.156. The Morgan fingerprint density at radius 3 is 1.60 bits per heavy atom. The van der Waals surface area contributed by atoms with E-state index >= 15 is 0 Å². The first-order valence-corrected chi connectivity index (χ1v) is 20.6. The van der Waals surface area contributed by atoms with Crippen LogP contribution >= 0.6 is 48.9 Å². The van der Waals surface area contributed by atoms with Crippen molar-refractivity contribution >= 4 is 110 Å². The third-order valence-electron chi connectivity index (χ3n) is 10.0. The Bertz CT molecular complexity index is 3100. The molecule has 8 aromatic rings. The highest BCUT2D eigenvalue weighted by Crippen LogP contribution is 2.23. The van der Waals surface area contributed by atoms with Crippen molar-refractivity contribution in [1.82, 2.24) is 28.7 Å². The highest BCUT2D eigenvalue weighted by Gasteiger charge is 2.17. The maximum Gasteiger partial charge on any atom is 0.202 e. The lowest BCUT2D eigenvalue weighted by atomic mass is 9.93. The molecule has 60 heavy (non-hydrogen) atoms. The summed E-state index contributed by atoms with van der Waals surface area (Å²) in [7, 11) is 1.89. The number of aromatic nitrogens is 6. The molecule has 0 aliphatic carbocycles. The number of hydrogen-bond acceptors (Lipinski definition) is 11. The van der Waals surface area contributed by atoms with E-state index in [1.54, 1.807) is 0 Å². The van der Waals surface area contributed by atoms with Crippen molar-refractivity contribution in [3.8, 4) is 0 Å². The van der Waals surface area contributed by atoms with Gasteiger partial charge in [-0.25, -0.2) is 19.9 Å². The van der Waals surface area contributed by atoms with Gasteiger partial charge in [-0.05, 0) is 116 Å². The number of hydrogen-bond donors (Lipinski definition) is 4. The number of para-hydroxylation sites is 3. The molecule has 0 saturated heterocycles. The number of thiocarbonyl (C=S) groups is 1. The maximum absolute atomic E-state index is 5.93. The van der Waals surface area contributed by atoms with E-state index < -0.39 is 0 Å². The lowest BCUT2D eigenvalue weighted by molar-refractivity contribution is 0.756. The molecule has 5 aromatic carbocycles. The van der Waals surface area contributed by atoms with Crippen LogP contribution in [0.2, 0.25) is 0 Å². The van der Waals surface area contributed by atoms with Crippen LogP contribution in [-0.4, -0.2) is 39.5 Å². The van der Waals surface area contributed by atoms with Crippen LogP contribution in [0.1, 0.15) is 34.7 Å². The van der Waals surface area contributed by atoms with E-state index in [4.69, 9.17) is 71.8 Å². The van der Waals surface area contributed by atoms with Crippen LogP contribution in [0.4, 0.5) is 17.5 Å². The number of nitrogens with zero attached hydrogens (tertiary/aromatic N) is 7. The van der Waals surface area contributed by atoms with Crippen molar-refractivity contribution in [1.29, 1.82) is 0 Å².